The monoisotopic (exact) mass is 254 g/mol. The van der Waals surface area contributed by atoms with E-state index in [1.165, 1.54) is 0 Å². The number of carbonyl (C=O) groups is 1. The fourth-order valence-corrected chi connectivity index (χ4v) is 1.71. The van der Waals surface area contributed by atoms with Gasteiger partial charge in [0.05, 0.1) is 12.1 Å². The summed E-state index contributed by atoms with van der Waals surface area (Å²) in [6.45, 7) is 15.3. The van der Waals surface area contributed by atoms with Crippen molar-refractivity contribution in [1.29, 1.82) is 0 Å². The molecule has 0 bridgehead atoms. The van der Waals surface area contributed by atoms with E-state index in [0.717, 1.165) is 6.54 Å². The molecule has 0 aliphatic carbocycles. The van der Waals surface area contributed by atoms with Gasteiger partial charge in [-0.15, -0.1) is 13.2 Å². The molecule has 0 unspecified atom stereocenters. The number of aliphatic hydroxyl groups is 1. The zero-order valence-corrected chi connectivity index (χ0v) is 11.9. The van der Waals surface area contributed by atoms with E-state index in [4.69, 9.17) is 0 Å². The molecule has 4 heteroatoms. The molecule has 0 saturated heterocycles. The Labute approximate surface area is 111 Å². The van der Waals surface area contributed by atoms with Crippen molar-refractivity contribution in [2.24, 2.45) is 0 Å². The Morgan fingerprint density at radius 3 is 2.11 bits per heavy atom. The normalized spacial score (nSPS) is 11.4. The zero-order chi connectivity index (χ0) is 14.2. The van der Waals surface area contributed by atoms with Crippen molar-refractivity contribution >= 4 is 5.91 Å². The largest absolute Gasteiger partial charge is 0.389 e. The van der Waals surface area contributed by atoms with Gasteiger partial charge in [0.2, 0.25) is 5.91 Å². The van der Waals surface area contributed by atoms with Gasteiger partial charge in [0.25, 0.3) is 0 Å². The number of likely N-dealkylation sites (N-methyl/N-ethyl adjacent to an activating group) is 1. The van der Waals surface area contributed by atoms with E-state index in [-0.39, 0.29) is 5.91 Å². The molecule has 0 spiro atoms. The SMILES string of the molecule is C=CCN(CC=C)C(=O)CN(CC)CC(C)(C)O. The van der Waals surface area contributed by atoms with E-state index in [1.54, 1.807) is 30.9 Å². The Morgan fingerprint density at radius 2 is 1.78 bits per heavy atom. The second-order valence-corrected chi connectivity index (χ2v) is 4.99. The molecule has 0 aliphatic heterocycles. The average Bonchev–Trinajstić information content (AvgIpc) is 2.26. The average molecular weight is 254 g/mol. The number of hydrogen-bond donors (Lipinski definition) is 1. The summed E-state index contributed by atoms with van der Waals surface area (Å²) in [6.07, 6.45) is 3.40. The van der Waals surface area contributed by atoms with Crippen LogP contribution in [0.4, 0.5) is 0 Å². The third-order valence-electron chi connectivity index (χ3n) is 2.47. The quantitative estimate of drug-likeness (QED) is 0.630. The van der Waals surface area contributed by atoms with Crippen molar-refractivity contribution in [1.82, 2.24) is 9.80 Å². The Kier molecular flexibility index (Phi) is 7.55. The first-order chi connectivity index (χ1) is 8.34. The van der Waals surface area contributed by atoms with Crippen molar-refractivity contribution in [3.63, 3.8) is 0 Å². The summed E-state index contributed by atoms with van der Waals surface area (Å²) >= 11 is 0. The lowest BCUT2D eigenvalue weighted by Crippen LogP contribution is -2.45. The van der Waals surface area contributed by atoms with Gasteiger partial charge in [0, 0.05) is 19.6 Å². The number of rotatable bonds is 9. The highest BCUT2D eigenvalue weighted by molar-refractivity contribution is 5.78. The van der Waals surface area contributed by atoms with Crippen LogP contribution in [0.3, 0.4) is 0 Å². The minimum atomic E-state index is -0.794. The molecular weight excluding hydrogens is 228 g/mol. The molecule has 0 saturated carbocycles. The molecule has 18 heavy (non-hydrogen) atoms. The minimum absolute atomic E-state index is 0.0286. The second-order valence-electron chi connectivity index (χ2n) is 4.99. The van der Waals surface area contributed by atoms with Gasteiger partial charge in [-0.3, -0.25) is 9.69 Å². The number of nitrogens with zero attached hydrogens (tertiary/aromatic N) is 2. The molecule has 4 nitrogen and oxygen atoms in total. The maximum atomic E-state index is 12.1. The first-order valence-electron chi connectivity index (χ1n) is 6.28. The molecule has 1 amide bonds. The molecule has 0 heterocycles. The van der Waals surface area contributed by atoms with Crippen LogP contribution in [-0.2, 0) is 4.79 Å². The molecule has 0 aliphatic rings. The van der Waals surface area contributed by atoms with Crippen LogP contribution in [0.25, 0.3) is 0 Å². The minimum Gasteiger partial charge on any atom is -0.389 e. The molecular formula is C14H26N2O2. The van der Waals surface area contributed by atoms with Gasteiger partial charge in [0.1, 0.15) is 0 Å². The summed E-state index contributed by atoms with van der Waals surface area (Å²) in [5, 5.41) is 9.78. The fraction of sp³-hybridized carbons (Fsp3) is 0.643. The van der Waals surface area contributed by atoms with Crippen LogP contribution >= 0.6 is 0 Å². The molecule has 0 aromatic carbocycles. The number of hydrogen-bond acceptors (Lipinski definition) is 3. The van der Waals surface area contributed by atoms with Crippen LogP contribution in [0.2, 0.25) is 0 Å². The number of amides is 1. The summed E-state index contributed by atoms with van der Waals surface area (Å²) in [7, 11) is 0. The van der Waals surface area contributed by atoms with E-state index in [0.29, 0.717) is 26.2 Å². The fourth-order valence-electron chi connectivity index (χ4n) is 1.71. The molecule has 104 valence electrons. The Balaban J connectivity index is 4.47. The molecule has 0 fully saturated rings. The maximum absolute atomic E-state index is 12.1. The van der Waals surface area contributed by atoms with Crippen molar-refractivity contribution in [3.8, 4) is 0 Å². The molecule has 0 rings (SSSR count). The predicted molar refractivity (Wildman–Crippen MR) is 75.4 cm³/mol. The van der Waals surface area contributed by atoms with Gasteiger partial charge < -0.3 is 10.0 Å². The van der Waals surface area contributed by atoms with E-state index in [2.05, 4.69) is 13.2 Å². The highest BCUT2D eigenvalue weighted by atomic mass is 16.3. The van der Waals surface area contributed by atoms with E-state index in [1.807, 2.05) is 11.8 Å². The molecule has 1 N–H and O–H groups in total. The molecule has 0 aromatic rings. The van der Waals surface area contributed by atoms with Gasteiger partial charge in [-0.1, -0.05) is 19.1 Å². The van der Waals surface area contributed by atoms with Gasteiger partial charge in [-0.2, -0.15) is 0 Å². The molecule has 0 atom stereocenters. The highest BCUT2D eigenvalue weighted by Crippen LogP contribution is 2.05. The standard InChI is InChI=1S/C14H26N2O2/c1-6-9-16(10-7-2)13(17)11-15(8-3)12-14(4,5)18/h6-7,18H,1-2,8-12H2,3-5H3. The Morgan fingerprint density at radius 1 is 1.28 bits per heavy atom. The van der Waals surface area contributed by atoms with Crippen LogP contribution in [-0.4, -0.2) is 59.1 Å². The van der Waals surface area contributed by atoms with Gasteiger partial charge in [-0.25, -0.2) is 0 Å². The third kappa shape index (κ3) is 7.25. The van der Waals surface area contributed by atoms with Crippen molar-refractivity contribution < 1.29 is 9.90 Å². The smallest absolute Gasteiger partial charge is 0.237 e. The molecule has 0 aromatic heterocycles. The summed E-state index contributed by atoms with van der Waals surface area (Å²) in [4.78, 5) is 15.7. The van der Waals surface area contributed by atoms with Crippen molar-refractivity contribution in [2.75, 3.05) is 32.7 Å². The lowest BCUT2D eigenvalue weighted by Gasteiger charge is -2.29. The van der Waals surface area contributed by atoms with Crippen LogP contribution in [0.15, 0.2) is 25.3 Å². The van der Waals surface area contributed by atoms with Crippen LogP contribution in [0.5, 0.6) is 0 Å². The van der Waals surface area contributed by atoms with Crippen molar-refractivity contribution in [2.45, 2.75) is 26.4 Å². The lowest BCUT2D eigenvalue weighted by molar-refractivity contribution is -0.132. The first kappa shape index (κ1) is 16.9. The first-order valence-corrected chi connectivity index (χ1v) is 6.28. The summed E-state index contributed by atoms with van der Waals surface area (Å²) in [5.74, 6) is 0.0286. The van der Waals surface area contributed by atoms with Crippen LogP contribution < -0.4 is 0 Å². The van der Waals surface area contributed by atoms with Gasteiger partial charge in [0.15, 0.2) is 0 Å². The highest BCUT2D eigenvalue weighted by Gasteiger charge is 2.20. The molecule has 0 radical (unpaired) electrons. The van der Waals surface area contributed by atoms with E-state index in [9.17, 15) is 9.90 Å². The summed E-state index contributed by atoms with van der Waals surface area (Å²) in [6, 6.07) is 0. The zero-order valence-electron chi connectivity index (χ0n) is 11.9. The van der Waals surface area contributed by atoms with Crippen LogP contribution in [0.1, 0.15) is 20.8 Å². The Hall–Kier alpha value is -1.13. The topological polar surface area (TPSA) is 43.8 Å². The number of carbonyl (C=O) groups excluding carboxylic acids is 1. The van der Waals surface area contributed by atoms with Crippen molar-refractivity contribution in [3.05, 3.63) is 25.3 Å². The van der Waals surface area contributed by atoms with E-state index >= 15 is 0 Å². The Bertz CT molecular complexity index is 272. The summed E-state index contributed by atoms with van der Waals surface area (Å²) in [5.41, 5.74) is -0.794. The third-order valence-corrected chi connectivity index (χ3v) is 2.47. The predicted octanol–water partition coefficient (Wildman–Crippen LogP) is 1.28. The van der Waals surface area contributed by atoms with Crippen LogP contribution in [0, 0.1) is 0 Å². The lowest BCUT2D eigenvalue weighted by atomic mass is 10.1. The second kappa shape index (κ2) is 8.06. The van der Waals surface area contributed by atoms with E-state index < -0.39 is 5.60 Å². The maximum Gasteiger partial charge on any atom is 0.237 e. The van der Waals surface area contributed by atoms with Gasteiger partial charge >= 0.3 is 0 Å². The van der Waals surface area contributed by atoms with Gasteiger partial charge in [-0.05, 0) is 20.4 Å². The summed E-state index contributed by atoms with van der Waals surface area (Å²) < 4.78 is 0.